The number of hydrogen-bond acceptors (Lipinski definition) is 5. The zero-order valence-electron chi connectivity index (χ0n) is 15.7. The fraction of sp³-hybridized carbons (Fsp3) is 0.200. The molecule has 3 rings (SSSR count). The summed E-state index contributed by atoms with van der Waals surface area (Å²) in [5.74, 6) is 0. The Morgan fingerprint density at radius 3 is 2.48 bits per heavy atom. The van der Waals surface area contributed by atoms with Crippen LogP contribution in [-0.2, 0) is 0 Å². The number of aromatic nitrogens is 2. The van der Waals surface area contributed by atoms with Crippen LogP contribution >= 0.6 is 0 Å². The van der Waals surface area contributed by atoms with E-state index in [2.05, 4.69) is 10.1 Å². The van der Waals surface area contributed by atoms with Crippen LogP contribution in [0.4, 0.5) is 17.1 Å². The van der Waals surface area contributed by atoms with E-state index < -0.39 is 0 Å². The van der Waals surface area contributed by atoms with Crippen LogP contribution in [0, 0.1) is 24.0 Å². The Hall–Kier alpha value is -3.48. The number of benzene rings is 2. The van der Waals surface area contributed by atoms with E-state index in [9.17, 15) is 10.1 Å². The third kappa shape index (κ3) is 3.72. The molecule has 0 radical (unpaired) electrons. The summed E-state index contributed by atoms with van der Waals surface area (Å²) in [6.45, 7) is 3.86. The molecule has 0 fully saturated rings. The second-order valence-corrected chi connectivity index (χ2v) is 6.42. The molecule has 138 valence electrons. The van der Waals surface area contributed by atoms with Gasteiger partial charge in [-0.05, 0) is 37.6 Å². The van der Waals surface area contributed by atoms with Gasteiger partial charge in [0.25, 0.3) is 5.69 Å². The number of nitro benzene ring substituents is 1. The third-order valence-corrected chi connectivity index (χ3v) is 4.27. The number of nitro groups is 1. The van der Waals surface area contributed by atoms with E-state index in [-0.39, 0.29) is 10.6 Å². The predicted molar refractivity (Wildman–Crippen MR) is 108 cm³/mol. The van der Waals surface area contributed by atoms with Crippen LogP contribution in [0.25, 0.3) is 5.69 Å². The highest BCUT2D eigenvalue weighted by atomic mass is 16.6. The van der Waals surface area contributed by atoms with Crippen LogP contribution in [0.2, 0.25) is 0 Å². The number of aryl methyl sites for hydroxylation is 1. The first-order chi connectivity index (χ1) is 12.9. The van der Waals surface area contributed by atoms with E-state index in [4.69, 9.17) is 0 Å². The Labute approximate surface area is 157 Å². The zero-order chi connectivity index (χ0) is 19.6. The van der Waals surface area contributed by atoms with Crippen LogP contribution in [0.15, 0.2) is 53.5 Å². The normalized spacial score (nSPS) is 11.1. The maximum absolute atomic E-state index is 11.3. The highest BCUT2D eigenvalue weighted by Gasteiger charge is 2.16. The predicted octanol–water partition coefficient (Wildman–Crippen LogP) is 4.21. The molecule has 27 heavy (non-hydrogen) atoms. The molecule has 0 bridgehead atoms. The van der Waals surface area contributed by atoms with E-state index in [0.29, 0.717) is 11.3 Å². The Morgan fingerprint density at radius 1 is 1.15 bits per heavy atom. The molecule has 0 aliphatic carbocycles. The summed E-state index contributed by atoms with van der Waals surface area (Å²) < 4.78 is 1.85. The van der Waals surface area contributed by atoms with Crippen molar-refractivity contribution >= 4 is 23.3 Å². The van der Waals surface area contributed by atoms with Crippen molar-refractivity contribution in [2.24, 2.45) is 4.99 Å². The van der Waals surface area contributed by atoms with Gasteiger partial charge in [0.2, 0.25) is 0 Å². The summed E-state index contributed by atoms with van der Waals surface area (Å²) in [5.41, 5.74) is 4.71. The van der Waals surface area contributed by atoms with E-state index in [1.54, 1.807) is 31.3 Å². The van der Waals surface area contributed by atoms with Gasteiger partial charge < -0.3 is 4.90 Å². The van der Waals surface area contributed by atoms with Crippen LogP contribution in [0.5, 0.6) is 0 Å². The average molecular weight is 363 g/mol. The number of rotatable bonds is 5. The number of aliphatic imine (C=N–C) groups is 1. The van der Waals surface area contributed by atoms with Gasteiger partial charge in [0, 0.05) is 26.4 Å². The molecule has 0 aliphatic heterocycles. The van der Waals surface area contributed by atoms with Gasteiger partial charge in [-0.15, -0.1) is 0 Å². The number of anilines is 1. The Morgan fingerprint density at radius 2 is 1.85 bits per heavy atom. The lowest BCUT2D eigenvalue weighted by atomic mass is 10.1. The Bertz CT molecular complexity index is 1010. The number of hydrogen-bond donors (Lipinski definition) is 0. The van der Waals surface area contributed by atoms with Crippen molar-refractivity contribution in [1.29, 1.82) is 0 Å². The smallest absolute Gasteiger partial charge is 0.293 e. The van der Waals surface area contributed by atoms with Crippen LogP contribution in [0.3, 0.4) is 0 Å². The Balaban J connectivity index is 1.96. The molecule has 0 spiro atoms. The lowest BCUT2D eigenvalue weighted by molar-refractivity contribution is -0.384. The maximum Gasteiger partial charge on any atom is 0.293 e. The standard InChI is InChI=1S/C20H21N5O2/c1-14-20(15(2)24(22-14)17-8-6-5-7-9-17)21-13-16-10-11-18(23(3)4)19(12-16)25(26)27/h5-13H,1-4H3. The summed E-state index contributed by atoms with van der Waals surface area (Å²) in [6, 6.07) is 14.9. The summed E-state index contributed by atoms with van der Waals surface area (Å²) in [4.78, 5) is 17.2. The molecule has 1 aromatic heterocycles. The first-order valence-electron chi connectivity index (χ1n) is 8.50. The van der Waals surface area contributed by atoms with E-state index in [0.717, 1.165) is 22.8 Å². The second-order valence-electron chi connectivity index (χ2n) is 6.42. The molecular weight excluding hydrogens is 342 g/mol. The summed E-state index contributed by atoms with van der Waals surface area (Å²) in [6.07, 6.45) is 1.64. The molecule has 0 atom stereocenters. The molecule has 0 saturated carbocycles. The number of para-hydroxylation sites is 1. The minimum Gasteiger partial charge on any atom is -0.372 e. The third-order valence-electron chi connectivity index (χ3n) is 4.27. The fourth-order valence-corrected chi connectivity index (χ4v) is 2.93. The van der Waals surface area contributed by atoms with Crippen molar-refractivity contribution in [3.8, 4) is 5.69 Å². The molecule has 7 heteroatoms. The van der Waals surface area contributed by atoms with Gasteiger partial charge in [-0.2, -0.15) is 5.10 Å². The monoisotopic (exact) mass is 363 g/mol. The van der Waals surface area contributed by atoms with E-state index in [1.807, 2.05) is 54.9 Å². The van der Waals surface area contributed by atoms with Crippen molar-refractivity contribution < 1.29 is 4.92 Å². The topological polar surface area (TPSA) is 76.6 Å². The lowest BCUT2D eigenvalue weighted by Gasteiger charge is -2.12. The maximum atomic E-state index is 11.3. The lowest BCUT2D eigenvalue weighted by Crippen LogP contribution is -2.11. The molecule has 0 unspecified atom stereocenters. The molecule has 3 aromatic rings. The summed E-state index contributed by atoms with van der Waals surface area (Å²) >= 11 is 0. The van der Waals surface area contributed by atoms with Crippen molar-refractivity contribution in [2.45, 2.75) is 13.8 Å². The molecule has 0 aliphatic rings. The SMILES string of the molecule is Cc1nn(-c2ccccc2)c(C)c1N=Cc1ccc(N(C)C)c([N+](=O)[O-])c1. The van der Waals surface area contributed by atoms with E-state index >= 15 is 0 Å². The zero-order valence-corrected chi connectivity index (χ0v) is 15.7. The van der Waals surface area contributed by atoms with Gasteiger partial charge in [-0.25, -0.2) is 4.68 Å². The quantitative estimate of drug-likeness (QED) is 0.386. The molecule has 2 aromatic carbocycles. The van der Waals surface area contributed by atoms with Crippen LogP contribution in [0.1, 0.15) is 17.0 Å². The fourth-order valence-electron chi connectivity index (χ4n) is 2.93. The van der Waals surface area contributed by atoms with Gasteiger partial charge in [0.05, 0.1) is 22.0 Å². The Kier molecular flexibility index (Phi) is 5.03. The molecule has 0 N–H and O–H groups in total. The summed E-state index contributed by atoms with van der Waals surface area (Å²) in [5, 5.41) is 15.9. The van der Waals surface area contributed by atoms with Gasteiger partial charge in [-0.3, -0.25) is 15.1 Å². The molecule has 1 heterocycles. The number of nitrogens with zero attached hydrogens (tertiary/aromatic N) is 5. The van der Waals surface area contributed by atoms with Crippen LogP contribution < -0.4 is 4.90 Å². The molecule has 0 saturated heterocycles. The molecule has 7 nitrogen and oxygen atoms in total. The molecular formula is C20H21N5O2. The van der Waals surface area contributed by atoms with Crippen molar-refractivity contribution in [3.63, 3.8) is 0 Å². The first-order valence-corrected chi connectivity index (χ1v) is 8.50. The van der Waals surface area contributed by atoms with Gasteiger partial charge >= 0.3 is 0 Å². The second kappa shape index (κ2) is 7.41. The highest BCUT2D eigenvalue weighted by molar-refractivity contribution is 5.85. The van der Waals surface area contributed by atoms with Crippen LogP contribution in [-0.4, -0.2) is 35.0 Å². The minimum absolute atomic E-state index is 0.0531. The van der Waals surface area contributed by atoms with Gasteiger partial charge in [0.15, 0.2) is 0 Å². The van der Waals surface area contributed by atoms with Gasteiger partial charge in [0.1, 0.15) is 11.4 Å². The molecule has 0 amide bonds. The minimum atomic E-state index is -0.378. The highest BCUT2D eigenvalue weighted by Crippen LogP contribution is 2.28. The average Bonchev–Trinajstić information content (AvgIpc) is 2.94. The van der Waals surface area contributed by atoms with Crippen molar-refractivity contribution in [2.75, 3.05) is 19.0 Å². The van der Waals surface area contributed by atoms with E-state index in [1.165, 1.54) is 6.07 Å². The largest absolute Gasteiger partial charge is 0.372 e. The summed E-state index contributed by atoms with van der Waals surface area (Å²) in [7, 11) is 3.56. The first kappa shape index (κ1) is 18.3. The van der Waals surface area contributed by atoms with Gasteiger partial charge in [-0.1, -0.05) is 24.3 Å². The van der Waals surface area contributed by atoms with Crippen molar-refractivity contribution in [1.82, 2.24) is 9.78 Å². The van der Waals surface area contributed by atoms with Crippen molar-refractivity contribution in [3.05, 3.63) is 75.6 Å².